The van der Waals surface area contributed by atoms with Crippen molar-refractivity contribution in [2.45, 2.75) is 32.4 Å². The van der Waals surface area contributed by atoms with Gasteiger partial charge in [0.1, 0.15) is 5.82 Å². The molecule has 0 saturated heterocycles. The molecular weight excluding hydrogens is 251 g/mol. The van der Waals surface area contributed by atoms with Gasteiger partial charge in [0.15, 0.2) is 5.78 Å². The molecule has 0 aliphatic carbocycles. The van der Waals surface area contributed by atoms with Crippen molar-refractivity contribution >= 4 is 16.6 Å². The first kappa shape index (κ1) is 15.0. The minimum Gasteiger partial charge on any atom is -0.293 e. The molecule has 2 atom stereocenters. The molecule has 0 aliphatic rings. The fourth-order valence-corrected chi connectivity index (χ4v) is 2.93. The molecule has 1 rings (SSSR count). The molecule has 0 radical (unpaired) electrons. The molecule has 2 nitrogen and oxygen atoms in total. The zero-order valence-corrected chi connectivity index (χ0v) is 11.8. The first-order valence-electron chi connectivity index (χ1n) is 6.08. The Morgan fingerprint density at radius 2 is 1.78 bits per heavy atom. The highest BCUT2D eigenvalue weighted by molar-refractivity contribution is 7.86. The number of Topliss-reactive ketones (excluding diaryl/α,β-unsaturated/α-hetero) is 1. The van der Waals surface area contributed by atoms with Crippen LogP contribution in [-0.2, 0) is 10.8 Å². The van der Waals surface area contributed by atoms with E-state index in [0.29, 0.717) is 17.2 Å². The second kappa shape index (κ2) is 6.78. The van der Waals surface area contributed by atoms with Gasteiger partial charge in [-0.05, 0) is 43.5 Å². The van der Waals surface area contributed by atoms with Crippen LogP contribution in [0.4, 0.5) is 4.39 Å². The fourth-order valence-electron chi connectivity index (χ4n) is 1.50. The number of halogens is 1. The van der Waals surface area contributed by atoms with Crippen LogP contribution in [0.25, 0.3) is 0 Å². The van der Waals surface area contributed by atoms with E-state index in [1.165, 1.54) is 24.3 Å². The molecule has 0 spiro atoms. The third-order valence-corrected chi connectivity index (χ3v) is 4.43. The minimum absolute atomic E-state index is 0.183. The summed E-state index contributed by atoms with van der Waals surface area (Å²) in [6, 6.07) is 5.37. The second-order valence-electron chi connectivity index (χ2n) is 4.78. The molecule has 18 heavy (non-hydrogen) atoms. The second-order valence-corrected chi connectivity index (χ2v) is 6.66. The Morgan fingerprint density at radius 3 is 2.28 bits per heavy atom. The summed E-state index contributed by atoms with van der Waals surface area (Å²) in [5.74, 6) is 0.450. The van der Waals surface area contributed by atoms with E-state index in [9.17, 15) is 13.4 Å². The number of ketones is 1. The van der Waals surface area contributed by atoms with Crippen LogP contribution < -0.4 is 0 Å². The van der Waals surface area contributed by atoms with Gasteiger partial charge < -0.3 is 0 Å². The van der Waals surface area contributed by atoms with Crippen molar-refractivity contribution in [3.63, 3.8) is 0 Å². The largest absolute Gasteiger partial charge is 0.293 e. The van der Waals surface area contributed by atoms with E-state index in [1.54, 1.807) is 6.92 Å². The molecule has 0 heterocycles. The van der Waals surface area contributed by atoms with Crippen LogP contribution in [0, 0.1) is 11.7 Å². The van der Waals surface area contributed by atoms with E-state index < -0.39 is 16.0 Å². The van der Waals surface area contributed by atoms with E-state index in [-0.39, 0.29) is 11.6 Å². The minimum atomic E-state index is -1.16. The van der Waals surface area contributed by atoms with Gasteiger partial charge in [0.25, 0.3) is 0 Å². The number of benzene rings is 1. The number of hydrogen-bond acceptors (Lipinski definition) is 2. The lowest BCUT2D eigenvalue weighted by Crippen LogP contribution is -2.25. The molecule has 2 unspecified atom stereocenters. The molecule has 1 aromatic rings. The summed E-state index contributed by atoms with van der Waals surface area (Å²) >= 11 is 0. The number of hydrogen-bond donors (Lipinski definition) is 0. The average molecular weight is 270 g/mol. The van der Waals surface area contributed by atoms with Gasteiger partial charge in [-0.25, -0.2) is 4.39 Å². The van der Waals surface area contributed by atoms with E-state index in [4.69, 9.17) is 0 Å². The Balaban J connectivity index is 2.66. The van der Waals surface area contributed by atoms with Gasteiger partial charge in [-0.1, -0.05) is 13.8 Å². The summed E-state index contributed by atoms with van der Waals surface area (Å²) in [7, 11) is -1.16. The Hall–Kier alpha value is -1.03. The van der Waals surface area contributed by atoms with Crippen LogP contribution in [0.1, 0.15) is 37.6 Å². The summed E-state index contributed by atoms with van der Waals surface area (Å²) in [6.07, 6.45) is 0.841. The molecule has 0 N–H and O–H groups in total. The normalized spacial score (nSPS) is 14.5. The molecule has 4 heteroatoms. The van der Waals surface area contributed by atoms with Crippen LogP contribution in [0.15, 0.2) is 24.3 Å². The van der Waals surface area contributed by atoms with Gasteiger partial charge in [-0.15, -0.1) is 0 Å². The standard InChI is InChI=1S/C14H19FO2S/c1-10(2)8-9-18(17)11(3)14(16)12-4-6-13(15)7-5-12/h4-7,10-11H,8-9H2,1-3H3. The van der Waals surface area contributed by atoms with Crippen LogP contribution >= 0.6 is 0 Å². The summed E-state index contributed by atoms with van der Waals surface area (Å²) < 4.78 is 24.7. The third kappa shape index (κ3) is 4.33. The maximum Gasteiger partial charge on any atom is 0.178 e. The van der Waals surface area contributed by atoms with Crippen molar-refractivity contribution < 1.29 is 13.4 Å². The van der Waals surface area contributed by atoms with Gasteiger partial charge >= 0.3 is 0 Å². The molecule has 1 aromatic carbocycles. The zero-order valence-electron chi connectivity index (χ0n) is 11.0. The van der Waals surface area contributed by atoms with Crippen molar-refractivity contribution in [1.82, 2.24) is 0 Å². The van der Waals surface area contributed by atoms with Gasteiger partial charge in [-0.2, -0.15) is 0 Å². The smallest absolute Gasteiger partial charge is 0.178 e. The summed E-state index contributed by atoms with van der Waals surface area (Å²) in [5, 5.41) is -0.533. The van der Waals surface area contributed by atoms with Gasteiger partial charge in [0, 0.05) is 22.1 Å². The van der Waals surface area contributed by atoms with E-state index in [1.807, 2.05) is 0 Å². The first-order valence-corrected chi connectivity index (χ1v) is 7.47. The molecule has 0 fully saturated rings. The monoisotopic (exact) mass is 270 g/mol. The summed E-state index contributed by atoms with van der Waals surface area (Å²) in [6.45, 7) is 5.79. The predicted molar refractivity (Wildman–Crippen MR) is 72.7 cm³/mol. The van der Waals surface area contributed by atoms with Crippen molar-refractivity contribution in [3.05, 3.63) is 35.6 Å². The highest BCUT2D eigenvalue weighted by Crippen LogP contribution is 2.11. The highest BCUT2D eigenvalue weighted by atomic mass is 32.2. The number of rotatable bonds is 6. The van der Waals surface area contributed by atoms with Crippen LogP contribution in [-0.4, -0.2) is 21.0 Å². The molecule has 0 bridgehead atoms. The Morgan fingerprint density at radius 1 is 1.22 bits per heavy atom. The lowest BCUT2D eigenvalue weighted by atomic mass is 10.1. The van der Waals surface area contributed by atoms with Crippen molar-refractivity contribution in [1.29, 1.82) is 0 Å². The molecule has 100 valence electrons. The Bertz CT molecular complexity index is 426. The topological polar surface area (TPSA) is 34.1 Å². The molecule has 0 amide bonds. The van der Waals surface area contributed by atoms with E-state index in [0.717, 1.165) is 6.42 Å². The van der Waals surface area contributed by atoms with Crippen LogP contribution in [0.2, 0.25) is 0 Å². The zero-order chi connectivity index (χ0) is 13.7. The van der Waals surface area contributed by atoms with Crippen molar-refractivity contribution in [2.75, 3.05) is 5.75 Å². The molecule has 0 aromatic heterocycles. The third-order valence-electron chi connectivity index (χ3n) is 2.79. The maximum atomic E-state index is 12.7. The lowest BCUT2D eigenvalue weighted by molar-refractivity contribution is 0.0992. The highest BCUT2D eigenvalue weighted by Gasteiger charge is 2.21. The molecule has 0 aliphatic heterocycles. The fraction of sp³-hybridized carbons (Fsp3) is 0.500. The van der Waals surface area contributed by atoms with E-state index in [2.05, 4.69) is 13.8 Å². The Kier molecular flexibility index (Phi) is 5.66. The Labute approximate surface area is 110 Å². The van der Waals surface area contributed by atoms with E-state index >= 15 is 0 Å². The van der Waals surface area contributed by atoms with Crippen LogP contribution in [0.5, 0.6) is 0 Å². The lowest BCUT2D eigenvalue weighted by Gasteiger charge is -2.11. The van der Waals surface area contributed by atoms with Crippen molar-refractivity contribution in [2.24, 2.45) is 5.92 Å². The van der Waals surface area contributed by atoms with Gasteiger partial charge in [0.2, 0.25) is 0 Å². The quantitative estimate of drug-likeness (QED) is 0.744. The van der Waals surface area contributed by atoms with Crippen LogP contribution in [0.3, 0.4) is 0 Å². The average Bonchev–Trinajstić information content (AvgIpc) is 2.35. The molecular formula is C14H19FO2S. The van der Waals surface area contributed by atoms with Crippen molar-refractivity contribution in [3.8, 4) is 0 Å². The SMILES string of the molecule is CC(C)CCS(=O)C(C)C(=O)c1ccc(F)cc1. The maximum absolute atomic E-state index is 12.7. The summed E-state index contributed by atoms with van der Waals surface area (Å²) in [5.41, 5.74) is 0.418. The van der Waals surface area contributed by atoms with Gasteiger partial charge in [0.05, 0.1) is 5.25 Å². The van der Waals surface area contributed by atoms with Gasteiger partial charge in [-0.3, -0.25) is 9.00 Å². The first-order chi connectivity index (χ1) is 8.41. The number of carbonyl (C=O) groups is 1. The molecule has 0 saturated carbocycles. The summed E-state index contributed by atoms with van der Waals surface area (Å²) in [4.78, 5) is 12.0. The predicted octanol–water partition coefficient (Wildman–Crippen LogP) is 3.19. The number of carbonyl (C=O) groups excluding carboxylic acids is 1.